The highest BCUT2D eigenvalue weighted by atomic mass is 35.5. The molecule has 4 rings (SSSR count). The average Bonchev–Trinajstić information content (AvgIpc) is 3.34. The van der Waals surface area contributed by atoms with Crippen molar-refractivity contribution in [3.8, 4) is 0 Å². The number of rotatable bonds is 5. The van der Waals surface area contributed by atoms with Gasteiger partial charge in [-0.3, -0.25) is 25.0 Å². The summed E-state index contributed by atoms with van der Waals surface area (Å²) in [5.74, 6) is -0.841. The molecule has 0 aliphatic carbocycles. The zero-order valence-corrected chi connectivity index (χ0v) is 17.8. The molecule has 0 spiro atoms. The van der Waals surface area contributed by atoms with Crippen LogP contribution in [0.15, 0.2) is 42.5 Å². The number of nitrogens with one attached hydrogen (secondary N) is 1. The van der Waals surface area contributed by atoms with E-state index in [-0.39, 0.29) is 27.5 Å². The summed E-state index contributed by atoms with van der Waals surface area (Å²) < 4.78 is 0. The van der Waals surface area contributed by atoms with Crippen LogP contribution >= 0.6 is 22.9 Å². The molecule has 1 N–H and O–H groups in total. The summed E-state index contributed by atoms with van der Waals surface area (Å²) in [6, 6.07) is 11.5. The summed E-state index contributed by atoms with van der Waals surface area (Å²) in [4.78, 5) is 37.4. The highest BCUT2D eigenvalue weighted by Crippen LogP contribution is 2.35. The molecule has 31 heavy (non-hydrogen) atoms. The van der Waals surface area contributed by atoms with Gasteiger partial charge >= 0.3 is 0 Å². The van der Waals surface area contributed by atoms with Gasteiger partial charge in [-0.25, -0.2) is 0 Å². The standard InChI is InChI=1S/C20H16ClN5O4S/c1-11-4-2-3-5-15(11)25-10-12(8-17(25)27)19-23-24-20(31-19)22-18(28)14-7-6-13(21)9-16(14)26(29)30/h2-7,9,12H,8,10H2,1H3,(H,22,24,28). The van der Waals surface area contributed by atoms with Gasteiger partial charge in [0, 0.05) is 35.7 Å². The molecule has 9 nitrogen and oxygen atoms in total. The van der Waals surface area contributed by atoms with Crippen LogP contribution < -0.4 is 10.2 Å². The van der Waals surface area contributed by atoms with E-state index in [1.54, 1.807) is 4.90 Å². The third-order valence-electron chi connectivity index (χ3n) is 4.94. The normalized spacial score (nSPS) is 15.9. The maximum atomic E-state index is 12.5. The monoisotopic (exact) mass is 457 g/mol. The fourth-order valence-electron chi connectivity index (χ4n) is 3.43. The molecule has 0 saturated carbocycles. The van der Waals surface area contributed by atoms with E-state index in [2.05, 4.69) is 15.5 Å². The number of para-hydroxylation sites is 1. The number of benzene rings is 2. The molecule has 1 aromatic heterocycles. The number of hydrogen-bond acceptors (Lipinski definition) is 7. The molecule has 2 aromatic carbocycles. The molecule has 0 radical (unpaired) electrons. The highest BCUT2D eigenvalue weighted by Gasteiger charge is 2.34. The summed E-state index contributed by atoms with van der Waals surface area (Å²) in [5.41, 5.74) is 1.34. The van der Waals surface area contributed by atoms with Crippen molar-refractivity contribution in [1.82, 2.24) is 10.2 Å². The molecule has 1 fully saturated rings. The van der Waals surface area contributed by atoms with Crippen molar-refractivity contribution in [1.29, 1.82) is 0 Å². The second-order valence-electron chi connectivity index (χ2n) is 7.01. The third kappa shape index (κ3) is 4.25. The number of aromatic nitrogens is 2. The van der Waals surface area contributed by atoms with Gasteiger partial charge in [0.05, 0.1) is 4.92 Å². The second kappa shape index (κ2) is 8.40. The van der Waals surface area contributed by atoms with Gasteiger partial charge in [0.25, 0.3) is 11.6 Å². The van der Waals surface area contributed by atoms with E-state index < -0.39 is 16.5 Å². The maximum absolute atomic E-state index is 12.5. The van der Waals surface area contributed by atoms with Crippen LogP contribution in [0.4, 0.5) is 16.5 Å². The number of halogens is 1. The summed E-state index contributed by atoms with van der Waals surface area (Å²) in [7, 11) is 0. The van der Waals surface area contributed by atoms with E-state index in [1.807, 2.05) is 31.2 Å². The lowest BCUT2D eigenvalue weighted by Crippen LogP contribution is -2.25. The van der Waals surface area contributed by atoms with E-state index in [0.717, 1.165) is 28.7 Å². The van der Waals surface area contributed by atoms with Crippen LogP contribution in [0, 0.1) is 17.0 Å². The number of nitro benzene ring substituents is 1. The molecule has 2 amide bonds. The van der Waals surface area contributed by atoms with Crippen molar-refractivity contribution in [3.05, 3.63) is 73.7 Å². The number of carbonyl (C=O) groups excluding carboxylic acids is 2. The van der Waals surface area contributed by atoms with Crippen LogP contribution in [-0.2, 0) is 4.79 Å². The van der Waals surface area contributed by atoms with Crippen molar-refractivity contribution in [2.45, 2.75) is 19.3 Å². The minimum Gasteiger partial charge on any atom is -0.311 e. The molecule has 0 bridgehead atoms. The number of amides is 2. The van der Waals surface area contributed by atoms with Gasteiger partial charge in [0.2, 0.25) is 11.0 Å². The number of nitrogens with zero attached hydrogens (tertiary/aromatic N) is 4. The Labute approximate surface area is 185 Å². The van der Waals surface area contributed by atoms with E-state index in [0.29, 0.717) is 18.0 Å². The first-order valence-corrected chi connectivity index (χ1v) is 10.5. The molecule has 2 heterocycles. The minimum absolute atomic E-state index is 0.00289. The van der Waals surface area contributed by atoms with Gasteiger partial charge in [0.1, 0.15) is 10.6 Å². The molecule has 1 unspecified atom stereocenters. The van der Waals surface area contributed by atoms with Gasteiger partial charge in [-0.05, 0) is 30.7 Å². The van der Waals surface area contributed by atoms with Crippen LogP contribution in [0.3, 0.4) is 0 Å². The number of hydrogen-bond donors (Lipinski definition) is 1. The Morgan fingerprint density at radius 1 is 1.29 bits per heavy atom. The van der Waals surface area contributed by atoms with E-state index in [1.165, 1.54) is 12.1 Å². The average molecular weight is 458 g/mol. The molecule has 1 saturated heterocycles. The predicted molar refractivity (Wildman–Crippen MR) is 117 cm³/mol. The lowest BCUT2D eigenvalue weighted by atomic mass is 10.1. The Balaban J connectivity index is 1.49. The SMILES string of the molecule is Cc1ccccc1N1CC(c2nnc(NC(=O)c3ccc(Cl)cc3[N+](=O)[O-])s2)CC1=O. The van der Waals surface area contributed by atoms with Gasteiger partial charge in [-0.15, -0.1) is 10.2 Å². The fraction of sp³-hybridized carbons (Fsp3) is 0.200. The molecule has 3 aromatic rings. The largest absolute Gasteiger partial charge is 0.311 e. The summed E-state index contributed by atoms with van der Waals surface area (Å²) >= 11 is 6.94. The Morgan fingerprint density at radius 3 is 2.81 bits per heavy atom. The Kier molecular flexibility index (Phi) is 5.66. The Hall–Kier alpha value is -3.37. The smallest absolute Gasteiger partial charge is 0.283 e. The molecule has 158 valence electrons. The zero-order valence-electron chi connectivity index (χ0n) is 16.2. The number of aryl methyl sites for hydroxylation is 1. The molecule has 1 aliphatic heterocycles. The van der Waals surface area contributed by atoms with E-state index >= 15 is 0 Å². The van der Waals surface area contributed by atoms with Crippen molar-refractivity contribution >= 4 is 51.3 Å². The highest BCUT2D eigenvalue weighted by molar-refractivity contribution is 7.15. The minimum atomic E-state index is -0.685. The molecule has 1 aliphatic rings. The van der Waals surface area contributed by atoms with Crippen molar-refractivity contribution in [3.63, 3.8) is 0 Å². The zero-order chi connectivity index (χ0) is 22.1. The maximum Gasteiger partial charge on any atom is 0.283 e. The van der Waals surface area contributed by atoms with Crippen LogP contribution in [-0.4, -0.2) is 33.5 Å². The third-order valence-corrected chi connectivity index (χ3v) is 6.18. The van der Waals surface area contributed by atoms with Crippen LogP contribution in [0.5, 0.6) is 0 Å². The Morgan fingerprint density at radius 2 is 2.06 bits per heavy atom. The van der Waals surface area contributed by atoms with Gasteiger partial charge < -0.3 is 4.90 Å². The topological polar surface area (TPSA) is 118 Å². The van der Waals surface area contributed by atoms with Crippen molar-refractivity contribution in [2.24, 2.45) is 0 Å². The van der Waals surface area contributed by atoms with Crippen molar-refractivity contribution in [2.75, 3.05) is 16.8 Å². The van der Waals surface area contributed by atoms with Gasteiger partial charge in [0.15, 0.2) is 0 Å². The molecule has 11 heteroatoms. The number of nitro groups is 1. The first kappa shape index (κ1) is 20.9. The fourth-order valence-corrected chi connectivity index (χ4v) is 4.43. The summed E-state index contributed by atoms with van der Waals surface area (Å²) in [6.07, 6.45) is 0.291. The van der Waals surface area contributed by atoms with Gasteiger partial charge in [-0.2, -0.15) is 0 Å². The Bertz CT molecular complexity index is 1200. The lowest BCUT2D eigenvalue weighted by Gasteiger charge is -2.18. The van der Waals surface area contributed by atoms with Crippen LogP contribution in [0.2, 0.25) is 5.02 Å². The van der Waals surface area contributed by atoms with Crippen LogP contribution in [0.1, 0.15) is 33.3 Å². The quantitative estimate of drug-likeness (QED) is 0.453. The molecular weight excluding hydrogens is 442 g/mol. The summed E-state index contributed by atoms with van der Waals surface area (Å²) in [5, 5.41) is 22.8. The number of carbonyl (C=O) groups is 2. The van der Waals surface area contributed by atoms with E-state index in [9.17, 15) is 19.7 Å². The summed E-state index contributed by atoms with van der Waals surface area (Å²) in [6.45, 7) is 2.42. The van der Waals surface area contributed by atoms with E-state index in [4.69, 9.17) is 11.6 Å². The molecule has 1 atom stereocenters. The lowest BCUT2D eigenvalue weighted by molar-refractivity contribution is -0.385. The second-order valence-corrected chi connectivity index (χ2v) is 8.46. The number of anilines is 2. The first-order valence-electron chi connectivity index (χ1n) is 9.28. The first-order chi connectivity index (χ1) is 14.8. The van der Waals surface area contributed by atoms with Crippen molar-refractivity contribution < 1.29 is 14.5 Å². The molecular formula is C20H16ClN5O4S. The van der Waals surface area contributed by atoms with Gasteiger partial charge in [-0.1, -0.05) is 41.1 Å². The predicted octanol–water partition coefficient (Wildman–Crippen LogP) is 4.18. The van der Waals surface area contributed by atoms with Crippen LogP contribution in [0.25, 0.3) is 0 Å².